The first-order valence-corrected chi connectivity index (χ1v) is 7.95. The van der Waals surface area contributed by atoms with Crippen LogP contribution in [0.5, 0.6) is 0 Å². The van der Waals surface area contributed by atoms with Gasteiger partial charge in [0.25, 0.3) is 0 Å². The van der Waals surface area contributed by atoms with Crippen LogP contribution in [0, 0.1) is 5.82 Å². The van der Waals surface area contributed by atoms with Crippen molar-refractivity contribution in [3.05, 3.63) is 54.0 Å². The van der Waals surface area contributed by atoms with Gasteiger partial charge in [0, 0.05) is 18.0 Å². The van der Waals surface area contributed by atoms with Crippen molar-refractivity contribution in [1.29, 1.82) is 0 Å². The van der Waals surface area contributed by atoms with Gasteiger partial charge in [-0.05, 0) is 25.1 Å². The molecular formula is C14H15FN2O2S. The number of sulfone groups is 1. The molecule has 4 nitrogen and oxygen atoms in total. The number of rotatable bonds is 4. The lowest BCUT2D eigenvalue weighted by Crippen LogP contribution is -2.13. The predicted octanol–water partition coefficient (Wildman–Crippen LogP) is 2.80. The first-order chi connectivity index (χ1) is 9.39. The fourth-order valence-corrected chi connectivity index (χ4v) is 2.70. The van der Waals surface area contributed by atoms with E-state index >= 15 is 0 Å². The standard InChI is InChI=1S/C14H15FN2O2S/c1-10(11-6-3-4-7-12(11)15)17-14-13(20(2,18)19)8-5-9-16-14/h3-10H,1-2H3,(H,16,17). The van der Waals surface area contributed by atoms with Crippen molar-refractivity contribution < 1.29 is 12.8 Å². The maximum Gasteiger partial charge on any atom is 0.179 e. The number of hydrogen-bond donors (Lipinski definition) is 1. The minimum atomic E-state index is -3.39. The maximum absolute atomic E-state index is 13.7. The van der Waals surface area contributed by atoms with Crippen molar-refractivity contribution in [2.75, 3.05) is 11.6 Å². The van der Waals surface area contributed by atoms with Crippen LogP contribution in [0.2, 0.25) is 0 Å². The summed E-state index contributed by atoms with van der Waals surface area (Å²) in [6, 6.07) is 8.97. The van der Waals surface area contributed by atoms with E-state index in [0.29, 0.717) is 5.56 Å². The predicted molar refractivity (Wildman–Crippen MR) is 75.8 cm³/mol. The van der Waals surface area contributed by atoms with E-state index in [1.807, 2.05) is 0 Å². The van der Waals surface area contributed by atoms with Crippen LogP contribution in [0.3, 0.4) is 0 Å². The third-order valence-electron chi connectivity index (χ3n) is 2.90. The number of aromatic nitrogens is 1. The minimum absolute atomic E-state index is 0.100. The number of halogens is 1. The number of benzene rings is 1. The molecule has 1 aromatic heterocycles. The molecule has 2 aromatic rings. The molecule has 0 bridgehead atoms. The highest BCUT2D eigenvalue weighted by Gasteiger charge is 2.17. The molecule has 1 atom stereocenters. The quantitative estimate of drug-likeness (QED) is 0.942. The Morgan fingerprint density at radius 3 is 2.55 bits per heavy atom. The molecule has 0 aliphatic carbocycles. The summed E-state index contributed by atoms with van der Waals surface area (Å²) in [5.41, 5.74) is 0.456. The second-order valence-corrected chi connectivity index (χ2v) is 6.49. The molecule has 2 rings (SSSR count). The molecule has 1 N–H and O–H groups in total. The molecule has 0 aliphatic heterocycles. The Kier molecular flexibility index (Phi) is 4.04. The van der Waals surface area contributed by atoms with Crippen LogP contribution < -0.4 is 5.32 Å². The van der Waals surface area contributed by atoms with Gasteiger partial charge >= 0.3 is 0 Å². The third-order valence-corrected chi connectivity index (χ3v) is 4.02. The molecule has 0 amide bonds. The van der Waals surface area contributed by atoms with E-state index in [9.17, 15) is 12.8 Å². The normalized spacial score (nSPS) is 12.9. The van der Waals surface area contributed by atoms with Crippen LogP contribution in [-0.4, -0.2) is 19.7 Å². The van der Waals surface area contributed by atoms with Gasteiger partial charge in [-0.2, -0.15) is 0 Å². The zero-order valence-electron chi connectivity index (χ0n) is 11.2. The highest BCUT2D eigenvalue weighted by atomic mass is 32.2. The molecule has 0 radical (unpaired) electrons. The Morgan fingerprint density at radius 2 is 1.90 bits per heavy atom. The Labute approximate surface area is 117 Å². The van der Waals surface area contributed by atoms with Crippen LogP contribution in [0.1, 0.15) is 18.5 Å². The fraction of sp³-hybridized carbons (Fsp3) is 0.214. The average molecular weight is 294 g/mol. The SMILES string of the molecule is CC(Nc1ncccc1S(C)(=O)=O)c1ccccc1F. The summed E-state index contributed by atoms with van der Waals surface area (Å²) in [7, 11) is -3.39. The van der Waals surface area contributed by atoms with Crippen LogP contribution in [0.25, 0.3) is 0 Å². The molecule has 6 heteroatoms. The molecule has 20 heavy (non-hydrogen) atoms. The smallest absolute Gasteiger partial charge is 0.179 e. The van der Waals surface area contributed by atoms with Gasteiger partial charge < -0.3 is 5.32 Å². The van der Waals surface area contributed by atoms with Gasteiger partial charge in [-0.15, -0.1) is 0 Å². The van der Waals surface area contributed by atoms with Crippen molar-refractivity contribution >= 4 is 15.7 Å². The van der Waals surface area contributed by atoms with E-state index in [1.54, 1.807) is 31.2 Å². The van der Waals surface area contributed by atoms with Crippen molar-refractivity contribution in [2.45, 2.75) is 17.9 Å². The number of anilines is 1. The molecule has 0 saturated heterocycles. The van der Waals surface area contributed by atoms with Crippen molar-refractivity contribution in [2.24, 2.45) is 0 Å². The molecule has 0 saturated carbocycles. The van der Waals surface area contributed by atoms with E-state index in [1.165, 1.54) is 18.3 Å². The summed E-state index contributed by atoms with van der Waals surface area (Å²) in [5, 5.41) is 2.94. The van der Waals surface area contributed by atoms with Crippen LogP contribution >= 0.6 is 0 Å². The maximum atomic E-state index is 13.7. The molecule has 0 spiro atoms. The molecule has 106 valence electrons. The van der Waals surface area contributed by atoms with Crippen LogP contribution in [-0.2, 0) is 9.84 Å². The van der Waals surface area contributed by atoms with Gasteiger partial charge in [0.2, 0.25) is 0 Å². The summed E-state index contributed by atoms with van der Waals surface area (Å²) >= 11 is 0. The Bertz CT molecular complexity index is 717. The van der Waals surface area contributed by atoms with Gasteiger partial charge in [-0.1, -0.05) is 18.2 Å². The topological polar surface area (TPSA) is 59.1 Å². The van der Waals surface area contributed by atoms with Crippen molar-refractivity contribution in [1.82, 2.24) is 4.98 Å². The largest absolute Gasteiger partial charge is 0.362 e. The van der Waals surface area contributed by atoms with Crippen LogP contribution in [0.15, 0.2) is 47.5 Å². The van der Waals surface area contributed by atoms with E-state index in [2.05, 4.69) is 10.3 Å². The first kappa shape index (κ1) is 14.5. The average Bonchev–Trinajstić information content (AvgIpc) is 2.38. The lowest BCUT2D eigenvalue weighted by atomic mass is 10.1. The number of pyridine rings is 1. The first-order valence-electron chi connectivity index (χ1n) is 6.05. The molecule has 0 fully saturated rings. The molecule has 0 aliphatic rings. The summed E-state index contributed by atoms with van der Waals surface area (Å²) < 4.78 is 37.1. The van der Waals surface area contributed by atoms with Gasteiger partial charge in [-0.3, -0.25) is 0 Å². The molecule has 1 unspecified atom stereocenters. The zero-order valence-corrected chi connectivity index (χ0v) is 12.0. The summed E-state index contributed by atoms with van der Waals surface area (Å²) in [5.74, 6) is -0.116. The number of hydrogen-bond acceptors (Lipinski definition) is 4. The fourth-order valence-electron chi connectivity index (χ4n) is 1.91. The lowest BCUT2D eigenvalue weighted by Gasteiger charge is -2.17. The Morgan fingerprint density at radius 1 is 1.20 bits per heavy atom. The third kappa shape index (κ3) is 3.14. The summed E-state index contributed by atoms with van der Waals surface area (Å²) in [4.78, 5) is 4.13. The van der Waals surface area contributed by atoms with E-state index in [4.69, 9.17) is 0 Å². The highest BCUT2D eigenvalue weighted by Crippen LogP contribution is 2.24. The zero-order chi connectivity index (χ0) is 14.8. The van der Waals surface area contributed by atoms with Gasteiger partial charge in [0.05, 0.1) is 6.04 Å². The van der Waals surface area contributed by atoms with Gasteiger partial charge in [0.1, 0.15) is 16.5 Å². The molecule has 1 heterocycles. The molecule has 1 aromatic carbocycles. The monoisotopic (exact) mass is 294 g/mol. The second-order valence-electron chi connectivity index (χ2n) is 4.51. The Balaban J connectivity index is 2.34. The molecular weight excluding hydrogens is 279 g/mol. The van der Waals surface area contributed by atoms with E-state index in [0.717, 1.165) is 6.26 Å². The van der Waals surface area contributed by atoms with Crippen molar-refractivity contribution in [3.8, 4) is 0 Å². The second kappa shape index (κ2) is 5.58. The number of nitrogens with one attached hydrogen (secondary N) is 1. The van der Waals surface area contributed by atoms with Gasteiger partial charge in [0.15, 0.2) is 9.84 Å². The van der Waals surface area contributed by atoms with E-state index in [-0.39, 0.29) is 16.5 Å². The van der Waals surface area contributed by atoms with E-state index < -0.39 is 15.9 Å². The Hall–Kier alpha value is -1.95. The highest BCUT2D eigenvalue weighted by molar-refractivity contribution is 7.90. The minimum Gasteiger partial charge on any atom is -0.362 e. The number of nitrogens with zero attached hydrogens (tertiary/aromatic N) is 1. The lowest BCUT2D eigenvalue weighted by molar-refractivity contribution is 0.598. The summed E-state index contributed by atoms with van der Waals surface area (Å²) in [6.07, 6.45) is 2.61. The van der Waals surface area contributed by atoms with Crippen molar-refractivity contribution in [3.63, 3.8) is 0 Å². The van der Waals surface area contributed by atoms with Gasteiger partial charge in [-0.25, -0.2) is 17.8 Å². The summed E-state index contributed by atoms with van der Waals surface area (Å²) in [6.45, 7) is 1.75. The van der Waals surface area contributed by atoms with Crippen LogP contribution in [0.4, 0.5) is 10.2 Å².